The molecule has 0 aliphatic carbocycles. The summed E-state index contributed by atoms with van der Waals surface area (Å²) in [4.78, 5) is 7.23. The maximum absolute atomic E-state index is 4.75. The lowest BCUT2D eigenvalue weighted by Crippen LogP contribution is -2.45. The number of hydrogen-bond donors (Lipinski definition) is 2. The van der Waals surface area contributed by atoms with Crippen molar-refractivity contribution in [2.45, 2.75) is 85.1 Å². The lowest BCUT2D eigenvalue weighted by Gasteiger charge is -2.30. The van der Waals surface area contributed by atoms with Gasteiger partial charge < -0.3 is 15.2 Å². The van der Waals surface area contributed by atoms with Crippen LogP contribution in [-0.4, -0.2) is 70.1 Å². The van der Waals surface area contributed by atoms with Crippen molar-refractivity contribution in [3.63, 3.8) is 0 Å². The fourth-order valence-electron chi connectivity index (χ4n) is 3.39. The van der Waals surface area contributed by atoms with E-state index >= 15 is 0 Å². The Bertz CT molecular complexity index is 588. The van der Waals surface area contributed by atoms with Gasteiger partial charge in [0.1, 0.15) is 5.82 Å². The van der Waals surface area contributed by atoms with E-state index in [1.807, 2.05) is 0 Å². The summed E-state index contributed by atoms with van der Waals surface area (Å²) in [6.07, 6.45) is 3.92. The first-order chi connectivity index (χ1) is 13.8. The standard InChI is InChI=1S/C21H43N7S/c1-9-22-20(24-13-14-27(17(4)5)18(6)7)23-12-10-11-19-25-26-21(29-8)28(19)15-16(2)3/h16-18H,9-15H2,1-8H3,(H2,22,23,24). The zero-order chi connectivity index (χ0) is 21.8. The molecule has 168 valence electrons. The molecule has 7 nitrogen and oxygen atoms in total. The van der Waals surface area contributed by atoms with Crippen molar-refractivity contribution in [1.29, 1.82) is 0 Å². The van der Waals surface area contributed by atoms with Gasteiger partial charge in [0, 0.05) is 51.2 Å². The molecule has 0 saturated heterocycles. The number of nitrogens with zero attached hydrogens (tertiary/aromatic N) is 5. The molecule has 2 N–H and O–H groups in total. The number of hydrogen-bond acceptors (Lipinski definition) is 5. The minimum Gasteiger partial charge on any atom is -0.357 e. The molecule has 0 amide bonds. The molecule has 0 radical (unpaired) electrons. The number of rotatable bonds is 13. The summed E-state index contributed by atoms with van der Waals surface area (Å²) in [5, 5.41) is 16.6. The molecular formula is C21H43N7S. The molecule has 0 bridgehead atoms. The van der Waals surface area contributed by atoms with Gasteiger partial charge in [0.05, 0.1) is 0 Å². The number of aryl methyl sites for hydroxylation is 1. The van der Waals surface area contributed by atoms with Gasteiger partial charge in [0.2, 0.25) is 0 Å². The van der Waals surface area contributed by atoms with Crippen LogP contribution >= 0.6 is 11.8 Å². The Balaban J connectivity index is 2.55. The smallest absolute Gasteiger partial charge is 0.191 e. The summed E-state index contributed by atoms with van der Waals surface area (Å²) >= 11 is 1.66. The van der Waals surface area contributed by atoms with Crippen LogP contribution in [-0.2, 0) is 13.0 Å². The lowest BCUT2D eigenvalue weighted by atomic mass is 10.2. The minimum absolute atomic E-state index is 0.547. The van der Waals surface area contributed by atoms with Crippen LogP contribution in [0.15, 0.2) is 10.1 Å². The van der Waals surface area contributed by atoms with Crippen molar-refractivity contribution in [2.24, 2.45) is 10.9 Å². The number of aromatic nitrogens is 3. The molecule has 0 aliphatic heterocycles. The van der Waals surface area contributed by atoms with Crippen molar-refractivity contribution in [1.82, 2.24) is 30.3 Å². The first-order valence-corrected chi connectivity index (χ1v) is 12.3. The zero-order valence-electron chi connectivity index (χ0n) is 19.8. The van der Waals surface area contributed by atoms with Crippen molar-refractivity contribution in [3.05, 3.63) is 5.82 Å². The Morgan fingerprint density at radius 2 is 1.79 bits per heavy atom. The predicted molar refractivity (Wildman–Crippen MR) is 126 cm³/mol. The van der Waals surface area contributed by atoms with Crippen molar-refractivity contribution in [3.8, 4) is 0 Å². The van der Waals surface area contributed by atoms with Gasteiger partial charge in [-0.05, 0) is 53.2 Å². The second kappa shape index (κ2) is 13.9. The average molecular weight is 426 g/mol. The van der Waals surface area contributed by atoms with E-state index in [9.17, 15) is 0 Å². The second-order valence-corrected chi connectivity index (χ2v) is 9.10. The van der Waals surface area contributed by atoms with E-state index in [4.69, 9.17) is 4.99 Å². The normalized spacial score (nSPS) is 12.6. The van der Waals surface area contributed by atoms with Crippen LogP contribution in [0.25, 0.3) is 0 Å². The Kier molecular flexibility index (Phi) is 12.3. The third kappa shape index (κ3) is 9.38. The van der Waals surface area contributed by atoms with Gasteiger partial charge in [-0.15, -0.1) is 10.2 Å². The van der Waals surface area contributed by atoms with E-state index < -0.39 is 0 Å². The molecule has 0 aromatic carbocycles. The van der Waals surface area contributed by atoms with Gasteiger partial charge in [0.25, 0.3) is 0 Å². The van der Waals surface area contributed by atoms with Gasteiger partial charge >= 0.3 is 0 Å². The quantitative estimate of drug-likeness (QED) is 0.219. The van der Waals surface area contributed by atoms with Gasteiger partial charge in [-0.1, -0.05) is 25.6 Å². The molecule has 8 heteroatoms. The van der Waals surface area contributed by atoms with E-state index in [0.29, 0.717) is 18.0 Å². The van der Waals surface area contributed by atoms with Gasteiger partial charge in [-0.3, -0.25) is 9.89 Å². The maximum Gasteiger partial charge on any atom is 0.191 e. The third-order valence-corrected chi connectivity index (χ3v) is 5.35. The highest BCUT2D eigenvalue weighted by Gasteiger charge is 2.13. The van der Waals surface area contributed by atoms with E-state index in [-0.39, 0.29) is 0 Å². The summed E-state index contributed by atoms with van der Waals surface area (Å²) in [5.74, 6) is 2.55. The zero-order valence-corrected chi connectivity index (χ0v) is 20.6. The third-order valence-electron chi connectivity index (χ3n) is 4.69. The summed E-state index contributed by atoms with van der Waals surface area (Å²) in [6.45, 7) is 20.1. The molecule has 0 atom stereocenters. The van der Waals surface area contributed by atoms with E-state index in [0.717, 1.165) is 62.5 Å². The molecular weight excluding hydrogens is 382 g/mol. The van der Waals surface area contributed by atoms with E-state index in [1.165, 1.54) is 0 Å². The molecule has 0 saturated carbocycles. The highest BCUT2D eigenvalue weighted by atomic mass is 32.2. The SMILES string of the molecule is CCNC(=NCCCc1nnc(SC)n1CC(C)C)NCCN(C(C)C)C(C)C. The molecule has 0 aliphatic rings. The first-order valence-electron chi connectivity index (χ1n) is 11.0. The molecule has 1 aromatic heterocycles. The van der Waals surface area contributed by atoms with Crippen LogP contribution in [0.2, 0.25) is 0 Å². The topological polar surface area (TPSA) is 70.4 Å². The van der Waals surface area contributed by atoms with Crippen LogP contribution in [0, 0.1) is 5.92 Å². The van der Waals surface area contributed by atoms with Crippen LogP contribution < -0.4 is 10.6 Å². The Morgan fingerprint density at radius 3 is 2.34 bits per heavy atom. The maximum atomic E-state index is 4.75. The first kappa shape index (κ1) is 25.8. The lowest BCUT2D eigenvalue weighted by molar-refractivity contribution is 0.178. The van der Waals surface area contributed by atoms with Gasteiger partial charge in [-0.25, -0.2) is 0 Å². The van der Waals surface area contributed by atoms with Crippen molar-refractivity contribution >= 4 is 17.7 Å². The van der Waals surface area contributed by atoms with Crippen LogP contribution in [0.1, 0.15) is 60.7 Å². The number of nitrogens with one attached hydrogen (secondary N) is 2. The monoisotopic (exact) mass is 425 g/mol. The molecule has 0 unspecified atom stereocenters. The highest BCUT2D eigenvalue weighted by molar-refractivity contribution is 7.98. The summed E-state index contributed by atoms with van der Waals surface area (Å²) in [6, 6.07) is 1.09. The van der Waals surface area contributed by atoms with Crippen LogP contribution in [0.5, 0.6) is 0 Å². The van der Waals surface area contributed by atoms with Crippen LogP contribution in [0.3, 0.4) is 0 Å². The molecule has 0 fully saturated rings. The predicted octanol–water partition coefficient (Wildman–Crippen LogP) is 3.26. The molecule has 1 rings (SSSR count). The molecule has 29 heavy (non-hydrogen) atoms. The van der Waals surface area contributed by atoms with Crippen molar-refractivity contribution in [2.75, 3.05) is 32.4 Å². The minimum atomic E-state index is 0.547. The van der Waals surface area contributed by atoms with Gasteiger partial charge in [0.15, 0.2) is 11.1 Å². The van der Waals surface area contributed by atoms with Crippen LogP contribution in [0.4, 0.5) is 0 Å². The van der Waals surface area contributed by atoms with Crippen molar-refractivity contribution < 1.29 is 0 Å². The molecule has 1 aromatic rings. The molecule has 0 spiro atoms. The summed E-state index contributed by atoms with van der Waals surface area (Å²) < 4.78 is 2.26. The number of thioether (sulfide) groups is 1. The second-order valence-electron chi connectivity index (χ2n) is 8.32. The Morgan fingerprint density at radius 1 is 1.10 bits per heavy atom. The largest absolute Gasteiger partial charge is 0.357 e. The Hall–Kier alpha value is -1.28. The number of aliphatic imine (C=N–C) groups is 1. The fourth-order valence-corrected chi connectivity index (χ4v) is 3.91. The highest BCUT2D eigenvalue weighted by Crippen LogP contribution is 2.16. The summed E-state index contributed by atoms with van der Waals surface area (Å²) in [7, 11) is 0. The Labute approximate surface area is 182 Å². The number of guanidine groups is 1. The summed E-state index contributed by atoms with van der Waals surface area (Å²) in [5.41, 5.74) is 0. The van der Waals surface area contributed by atoms with E-state index in [2.05, 4.69) is 85.0 Å². The average Bonchev–Trinajstić information content (AvgIpc) is 3.02. The van der Waals surface area contributed by atoms with Gasteiger partial charge in [-0.2, -0.15) is 0 Å². The van der Waals surface area contributed by atoms with E-state index in [1.54, 1.807) is 11.8 Å². The molecule has 1 heterocycles. The fraction of sp³-hybridized carbons (Fsp3) is 0.857.